The zero-order valence-electron chi connectivity index (χ0n) is 11.4. The predicted molar refractivity (Wildman–Crippen MR) is 73.2 cm³/mol. The number of rotatable bonds is 4. The molecule has 0 bridgehead atoms. The van der Waals surface area contributed by atoms with Crippen LogP contribution in [0.2, 0.25) is 0 Å². The minimum Gasteiger partial charge on any atom is -0.377 e. The van der Waals surface area contributed by atoms with Gasteiger partial charge in [0.05, 0.1) is 19.3 Å². The quantitative estimate of drug-likeness (QED) is 0.883. The van der Waals surface area contributed by atoms with E-state index < -0.39 is 0 Å². The summed E-state index contributed by atoms with van der Waals surface area (Å²) in [5.41, 5.74) is 1.12. The van der Waals surface area contributed by atoms with Crippen LogP contribution in [0.15, 0.2) is 6.33 Å². The number of nitrogens with zero attached hydrogens (tertiary/aromatic N) is 3. The van der Waals surface area contributed by atoms with Crippen molar-refractivity contribution in [2.45, 2.75) is 33.2 Å². The van der Waals surface area contributed by atoms with Gasteiger partial charge in [0, 0.05) is 18.7 Å². The molecule has 0 amide bonds. The molecule has 1 aromatic heterocycles. The first kappa shape index (κ1) is 13.1. The van der Waals surface area contributed by atoms with Crippen LogP contribution >= 0.6 is 0 Å². The molecule has 0 radical (unpaired) electrons. The van der Waals surface area contributed by atoms with E-state index in [9.17, 15) is 0 Å². The highest BCUT2D eigenvalue weighted by molar-refractivity contribution is 5.58. The van der Waals surface area contributed by atoms with Gasteiger partial charge < -0.3 is 15.0 Å². The minimum absolute atomic E-state index is 0.367. The molecule has 0 saturated carbocycles. The van der Waals surface area contributed by atoms with Gasteiger partial charge >= 0.3 is 0 Å². The van der Waals surface area contributed by atoms with Gasteiger partial charge in [-0.25, -0.2) is 9.97 Å². The molecule has 0 aromatic carbocycles. The molecule has 1 saturated heterocycles. The second-order valence-corrected chi connectivity index (χ2v) is 4.71. The zero-order chi connectivity index (χ0) is 13.0. The van der Waals surface area contributed by atoms with Gasteiger partial charge in [-0.1, -0.05) is 6.92 Å². The molecule has 1 atom stereocenters. The van der Waals surface area contributed by atoms with Crippen molar-refractivity contribution >= 4 is 11.6 Å². The predicted octanol–water partition coefficient (Wildman–Crippen LogP) is 1.83. The van der Waals surface area contributed by atoms with E-state index in [2.05, 4.69) is 41.0 Å². The molecular weight excluding hydrogens is 228 g/mol. The van der Waals surface area contributed by atoms with Gasteiger partial charge in [0.15, 0.2) is 0 Å². The van der Waals surface area contributed by atoms with Crippen molar-refractivity contribution in [3.05, 3.63) is 11.9 Å². The summed E-state index contributed by atoms with van der Waals surface area (Å²) in [6.45, 7) is 9.76. The third kappa shape index (κ3) is 2.72. The van der Waals surface area contributed by atoms with E-state index in [0.717, 1.165) is 49.9 Å². The molecule has 5 nitrogen and oxygen atoms in total. The second-order valence-electron chi connectivity index (χ2n) is 4.71. The number of ether oxygens (including phenoxy) is 1. The first-order valence-electron chi connectivity index (χ1n) is 6.64. The Balaban J connectivity index is 2.21. The van der Waals surface area contributed by atoms with Crippen LogP contribution in [-0.2, 0) is 4.74 Å². The number of hydrogen-bond acceptors (Lipinski definition) is 5. The molecule has 1 N–H and O–H groups in total. The average Bonchev–Trinajstić information content (AvgIpc) is 2.39. The molecule has 0 aliphatic carbocycles. The van der Waals surface area contributed by atoms with Crippen LogP contribution in [0.3, 0.4) is 0 Å². The maximum Gasteiger partial charge on any atom is 0.137 e. The molecule has 2 heterocycles. The zero-order valence-corrected chi connectivity index (χ0v) is 11.4. The third-order valence-corrected chi connectivity index (χ3v) is 3.24. The highest BCUT2D eigenvalue weighted by Gasteiger charge is 2.22. The Hall–Kier alpha value is -1.36. The summed E-state index contributed by atoms with van der Waals surface area (Å²) < 4.78 is 5.47. The van der Waals surface area contributed by atoms with Gasteiger partial charge in [-0.05, 0) is 20.3 Å². The Morgan fingerprint density at radius 2 is 2.33 bits per heavy atom. The number of hydrogen-bond donors (Lipinski definition) is 1. The molecule has 18 heavy (non-hydrogen) atoms. The fourth-order valence-electron chi connectivity index (χ4n) is 2.19. The molecule has 1 fully saturated rings. The van der Waals surface area contributed by atoms with E-state index in [1.54, 1.807) is 6.33 Å². The summed E-state index contributed by atoms with van der Waals surface area (Å²) in [7, 11) is 0. The lowest BCUT2D eigenvalue weighted by Crippen LogP contribution is -2.44. The monoisotopic (exact) mass is 250 g/mol. The van der Waals surface area contributed by atoms with Crippen molar-refractivity contribution in [3.63, 3.8) is 0 Å². The van der Waals surface area contributed by atoms with E-state index in [4.69, 9.17) is 4.74 Å². The molecule has 1 aliphatic heterocycles. The normalized spacial score (nSPS) is 19.9. The van der Waals surface area contributed by atoms with Gasteiger partial charge in [-0.2, -0.15) is 0 Å². The lowest BCUT2D eigenvalue weighted by Gasteiger charge is -2.35. The summed E-state index contributed by atoms with van der Waals surface area (Å²) in [5.74, 6) is 1.97. The smallest absolute Gasteiger partial charge is 0.137 e. The summed E-state index contributed by atoms with van der Waals surface area (Å²) in [6, 6.07) is 0.367. The average molecular weight is 250 g/mol. The molecule has 5 heteroatoms. The van der Waals surface area contributed by atoms with Crippen molar-refractivity contribution in [1.82, 2.24) is 9.97 Å². The van der Waals surface area contributed by atoms with Gasteiger partial charge in [-0.3, -0.25) is 0 Å². The minimum atomic E-state index is 0.367. The standard InChI is InChI=1S/C13H22N4O/c1-4-5-14-12-11(3)13(16-9-15-12)17-6-7-18-8-10(17)2/h9-10H,4-8H2,1-3H3,(H,14,15,16). The van der Waals surface area contributed by atoms with E-state index in [1.165, 1.54) is 0 Å². The van der Waals surface area contributed by atoms with Crippen LogP contribution in [-0.4, -0.2) is 42.3 Å². The van der Waals surface area contributed by atoms with Gasteiger partial charge in [0.2, 0.25) is 0 Å². The molecule has 0 spiro atoms. The van der Waals surface area contributed by atoms with Crippen LogP contribution in [0.1, 0.15) is 25.8 Å². The van der Waals surface area contributed by atoms with Crippen LogP contribution in [0.25, 0.3) is 0 Å². The van der Waals surface area contributed by atoms with E-state index in [0.29, 0.717) is 6.04 Å². The topological polar surface area (TPSA) is 50.3 Å². The lowest BCUT2D eigenvalue weighted by molar-refractivity contribution is 0.0984. The van der Waals surface area contributed by atoms with Crippen LogP contribution < -0.4 is 10.2 Å². The molecule has 1 unspecified atom stereocenters. The summed E-state index contributed by atoms with van der Waals surface area (Å²) in [4.78, 5) is 11.1. The number of anilines is 2. The van der Waals surface area contributed by atoms with Crippen molar-refractivity contribution < 1.29 is 4.74 Å². The van der Waals surface area contributed by atoms with E-state index >= 15 is 0 Å². The van der Waals surface area contributed by atoms with E-state index in [1.807, 2.05) is 0 Å². The number of aromatic nitrogens is 2. The van der Waals surface area contributed by atoms with Crippen LogP contribution in [0.5, 0.6) is 0 Å². The van der Waals surface area contributed by atoms with Crippen molar-refractivity contribution in [3.8, 4) is 0 Å². The Kier molecular flexibility index (Phi) is 4.36. The SMILES string of the molecule is CCCNc1ncnc(N2CCOCC2C)c1C. The fraction of sp³-hybridized carbons (Fsp3) is 0.692. The van der Waals surface area contributed by atoms with Crippen LogP contribution in [0, 0.1) is 6.92 Å². The van der Waals surface area contributed by atoms with Crippen LogP contribution in [0.4, 0.5) is 11.6 Å². The highest BCUT2D eigenvalue weighted by atomic mass is 16.5. The molecule has 1 aromatic rings. The molecule has 100 valence electrons. The van der Waals surface area contributed by atoms with Gasteiger partial charge in [-0.15, -0.1) is 0 Å². The highest BCUT2D eigenvalue weighted by Crippen LogP contribution is 2.25. The van der Waals surface area contributed by atoms with Crippen molar-refractivity contribution in [1.29, 1.82) is 0 Å². The second kappa shape index (κ2) is 6.00. The summed E-state index contributed by atoms with van der Waals surface area (Å²) in [5, 5.41) is 3.35. The lowest BCUT2D eigenvalue weighted by atomic mass is 10.2. The first-order valence-corrected chi connectivity index (χ1v) is 6.64. The summed E-state index contributed by atoms with van der Waals surface area (Å²) in [6.07, 6.45) is 2.73. The first-order chi connectivity index (χ1) is 8.74. The Morgan fingerprint density at radius 1 is 1.50 bits per heavy atom. The number of morpholine rings is 1. The van der Waals surface area contributed by atoms with Crippen molar-refractivity contribution in [2.24, 2.45) is 0 Å². The fourth-order valence-corrected chi connectivity index (χ4v) is 2.19. The Bertz CT molecular complexity index is 397. The Morgan fingerprint density at radius 3 is 3.06 bits per heavy atom. The van der Waals surface area contributed by atoms with Crippen molar-refractivity contribution in [2.75, 3.05) is 36.5 Å². The molecule has 1 aliphatic rings. The maximum atomic E-state index is 5.47. The maximum absolute atomic E-state index is 5.47. The number of nitrogens with one attached hydrogen (secondary N) is 1. The summed E-state index contributed by atoms with van der Waals surface area (Å²) >= 11 is 0. The third-order valence-electron chi connectivity index (χ3n) is 3.24. The molecular formula is C13H22N4O. The van der Waals surface area contributed by atoms with E-state index in [-0.39, 0.29) is 0 Å². The van der Waals surface area contributed by atoms with Gasteiger partial charge in [0.25, 0.3) is 0 Å². The van der Waals surface area contributed by atoms with Gasteiger partial charge in [0.1, 0.15) is 18.0 Å². The molecule has 2 rings (SSSR count). The largest absolute Gasteiger partial charge is 0.377 e. The Labute approximate surface area is 109 Å².